The number of rotatable bonds is 5. The Morgan fingerprint density at radius 2 is 2.10 bits per heavy atom. The van der Waals surface area contributed by atoms with Crippen molar-refractivity contribution in [3.05, 3.63) is 23.8 Å². The molecule has 1 heterocycles. The number of aliphatic hydroxyl groups excluding tert-OH is 1. The van der Waals surface area contributed by atoms with Crippen LogP contribution in [0.4, 0.5) is 11.8 Å². The third-order valence-corrected chi connectivity index (χ3v) is 3.07. The Kier molecular flexibility index (Phi) is 6.04. The van der Waals surface area contributed by atoms with Gasteiger partial charge in [-0.3, -0.25) is 0 Å². The Labute approximate surface area is 126 Å². The number of anilines is 2. The summed E-state index contributed by atoms with van der Waals surface area (Å²) in [5.74, 6) is 0.934. The van der Waals surface area contributed by atoms with Crippen LogP contribution >= 0.6 is 13.5 Å². The second-order valence-electron chi connectivity index (χ2n) is 4.76. The number of aryl methyl sites for hydroxylation is 1. The maximum atomic E-state index is 9.37. The van der Waals surface area contributed by atoms with Gasteiger partial charge in [0.1, 0.15) is 5.82 Å². The van der Waals surface area contributed by atoms with Crippen LogP contribution in [0.15, 0.2) is 18.2 Å². The normalized spacial score (nSPS) is 11.9. The summed E-state index contributed by atoms with van der Waals surface area (Å²) in [4.78, 5) is 8.49. The molecule has 0 amide bonds. The van der Waals surface area contributed by atoms with Gasteiger partial charge in [-0.2, -0.15) is 18.5 Å². The molecule has 0 bridgehead atoms. The molecule has 0 spiro atoms. The van der Waals surface area contributed by atoms with E-state index in [0.717, 1.165) is 29.3 Å². The summed E-state index contributed by atoms with van der Waals surface area (Å²) in [6, 6.07) is 5.96. The minimum Gasteiger partial charge on any atom is -0.394 e. The Bertz CT molecular complexity index is 571. The van der Waals surface area contributed by atoms with Crippen LogP contribution in [-0.2, 0) is 0 Å². The molecule has 0 aliphatic rings. The SMILES string of the molecule is CCC[C@@H](CO)Nc1nc(N)nc2cc(C)ccc12.S. The van der Waals surface area contributed by atoms with Gasteiger partial charge in [0.2, 0.25) is 5.95 Å². The zero-order valence-corrected chi connectivity index (χ0v) is 12.8. The molecular weight excluding hydrogens is 272 g/mol. The number of benzene rings is 1. The van der Waals surface area contributed by atoms with E-state index in [2.05, 4.69) is 22.2 Å². The van der Waals surface area contributed by atoms with Crippen LogP contribution in [0.25, 0.3) is 10.9 Å². The molecule has 5 nitrogen and oxygen atoms in total. The monoisotopic (exact) mass is 294 g/mol. The van der Waals surface area contributed by atoms with Crippen LogP contribution in [-0.4, -0.2) is 27.7 Å². The third kappa shape index (κ3) is 3.74. The predicted molar refractivity (Wildman–Crippen MR) is 88.5 cm³/mol. The number of aliphatic hydroxyl groups is 1. The smallest absolute Gasteiger partial charge is 0.222 e. The number of hydrogen-bond donors (Lipinski definition) is 3. The molecule has 1 aromatic carbocycles. The molecule has 0 saturated heterocycles. The maximum Gasteiger partial charge on any atom is 0.222 e. The molecule has 0 saturated carbocycles. The maximum absolute atomic E-state index is 9.37. The van der Waals surface area contributed by atoms with E-state index in [9.17, 15) is 5.11 Å². The quantitative estimate of drug-likeness (QED) is 0.787. The number of nitrogens with one attached hydrogen (secondary N) is 1. The second kappa shape index (κ2) is 7.31. The zero-order valence-electron chi connectivity index (χ0n) is 11.8. The lowest BCUT2D eigenvalue weighted by Crippen LogP contribution is -2.24. The Balaban J connectivity index is 0.00000200. The lowest BCUT2D eigenvalue weighted by Gasteiger charge is -2.17. The Morgan fingerprint density at radius 3 is 2.75 bits per heavy atom. The minimum absolute atomic E-state index is 0. The molecule has 2 rings (SSSR count). The van der Waals surface area contributed by atoms with Gasteiger partial charge in [0.25, 0.3) is 0 Å². The number of fused-ring (bicyclic) bond motifs is 1. The molecule has 0 radical (unpaired) electrons. The lowest BCUT2D eigenvalue weighted by atomic mass is 10.1. The van der Waals surface area contributed by atoms with Crippen molar-refractivity contribution >= 4 is 36.2 Å². The van der Waals surface area contributed by atoms with Crippen molar-refractivity contribution in [2.24, 2.45) is 0 Å². The number of aromatic nitrogens is 2. The lowest BCUT2D eigenvalue weighted by molar-refractivity contribution is 0.268. The van der Waals surface area contributed by atoms with Crippen molar-refractivity contribution < 1.29 is 5.11 Å². The van der Waals surface area contributed by atoms with Crippen molar-refractivity contribution in [3.8, 4) is 0 Å². The first-order valence-corrected chi connectivity index (χ1v) is 6.55. The fourth-order valence-corrected chi connectivity index (χ4v) is 2.12. The van der Waals surface area contributed by atoms with Crippen molar-refractivity contribution in [2.75, 3.05) is 17.7 Å². The standard InChI is InChI=1S/C14H20N4O.H2S/c1-3-4-10(8-19)16-13-11-6-5-9(2)7-12(11)17-14(15)18-13;/h5-7,10,19H,3-4,8H2,1-2H3,(H3,15,16,17,18);1H2/t10-;/m0./s1. The van der Waals surface area contributed by atoms with Crippen LogP contribution in [0.1, 0.15) is 25.3 Å². The summed E-state index contributed by atoms with van der Waals surface area (Å²) < 4.78 is 0. The number of nitrogen functional groups attached to an aromatic ring is 1. The number of nitrogens with two attached hydrogens (primary N) is 1. The van der Waals surface area contributed by atoms with E-state index in [-0.39, 0.29) is 32.1 Å². The zero-order chi connectivity index (χ0) is 13.8. The van der Waals surface area contributed by atoms with Crippen molar-refractivity contribution in [2.45, 2.75) is 32.7 Å². The molecule has 6 heteroatoms. The van der Waals surface area contributed by atoms with Gasteiger partial charge in [0, 0.05) is 5.39 Å². The summed E-state index contributed by atoms with van der Waals surface area (Å²) in [6.45, 7) is 4.17. The molecule has 0 unspecified atom stereocenters. The largest absolute Gasteiger partial charge is 0.394 e. The summed E-state index contributed by atoms with van der Waals surface area (Å²) in [7, 11) is 0. The predicted octanol–water partition coefficient (Wildman–Crippen LogP) is 2.21. The van der Waals surface area contributed by atoms with Gasteiger partial charge in [0.05, 0.1) is 18.2 Å². The van der Waals surface area contributed by atoms with Gasteiger partial charge >= 0.3 is 0 Å². The van der Waals surface area contributed by atoms with E-state index in [4.69, 9.17) is 5.73 Å². The van der Waals surface area contributed by atoms with Gasteiger partial charge in [0.15, 0.2) is 0 Å². The fraction of sp³-hybridized carbons (Fsp3) is 0.429. The molecule has 2 aromatic rings. The molecular formula is C14H22N4OS. The summed E-state index contributed by atoms with van der Waals surface area (Å²) in [6.07, 6.45) is 1.88. The van der Waals surface area contributed by atoms with Gasteiger partial charge < -0.3 is 16.2 Å². The molecule has 0 aliphatic heterocycles. The van der Waals surface area contributed by atoms with E-state index in [1.807, 2.05) is 25.1 Å². The highest BCUT2D eigenvalue weighted by molar-refractivity contribution is 7.59. The van der Waals surface area contributed by atoms with Gasteiger partial charge in [-0.05, 0) is 31.0 Å². The summed E-state index contributed by atoms with van der Waals surface area (Å²) in [5, 5.41) is 13.5. The molecule has 20 heavy (non-hydrogen) atoms. The molecule has 4 N–H and O–H groups in total. The van der Waals surface area contributed by atoms with Crippen molar-refractivity contribution in [1.82, 2.24) is 9.97 Å². The van der Waals surface area contributed by atoms with Crippen LogP contribution in [0, 0.1) is 6.92 Å². The van der Waals surface area contributed by atoms with Gasteiger partial charge in [-0.15, -0.1) is 0 Å². The topological polar surface area (TPSA) is 84.1 Å². The number of hydrogen-bond acceptors (Lipinski definition) is 5. The van der Waals surface area contributed by atoms with Crippen LogP contribution in [0.3, 0.4) is 0 Å². The minimum atomic E-state index is -0.0104. The van der Waals surface area contributed by atoms with E-state index in [0.29, 0.717) is 5.82 Å². The highest BCUT2D eigenvalue weighted by atomic mass is 32.1. The van der Waals surface area contributed by atoms with Crippen LogP contribution in [0.2, 0.25) is 0 Å². The molecule has 0 aliphatic carbocycles. The first-order valence-electron chi connectivity index (χ1n) is 6.55. The molecule has 110 valence electrons. The number of nitrogens with zero attached hydrogens (tertiary/aromatic N) is 2. The van der Waals surface area contributed by atoms with Crippen molar-refractivity contribution in [3.63, 3.8) is 0 Å². The van der Waals surface area contributed by atoms with Gasteiger partial charge in [-0.1, -0.05) is 19.4 Å². The third-order valence-electron chi connectivity index (χ3n) is 3.07. The first kappa shape index (κ1) is 16.5. The summed E-state index contributed by atoms with van der Waals surface area (Å²) in [5.41, 5.74) is 7.69. The molecule has 1 aromatic heterocycles. The highest BCUT2D eigenvalue weighted by Gasteiger charge is 2.11. The van der Waals surface area contributed by atoms with E-state index in [1.54, 1.807) is 0 Å². The average molecular weight is 294 g/mol. The molecule has 0 fully saturated rings. The fourth-order valence-electron chi connectivity index (χ4n) is 2.12. The highest BCUT2D eigenvalue weighted by Crippen LogP contribution is 2.23. The molecule has 1 atom stereocenters. The van der Waals surface area contributed by atoms with Gasteiger partial charge in [-0.25, -0.2) is 4.98 Å². The first-order chi connectivity index (χ1) is 9.13. The average Bonchev–Trinajstić information content (AvgIpc) is 2.37. The van der Waals surface area contributed by atoms with Crippen LogP contribution in [0.5, 0.6) is 0 Å². The van der Waals surface area contributed by atoms with E-state index in [1.165, 1.54) is 0 Å². The van der Waals surface area contributed by atoms with E-state index < -0.39 is 0 Å². The Morgan fingerprint density at radius 1 is 1.35 bits per heavy atom. The summed E-state index contributed by atoms with van der Waals surface area (Å²) >= 11 is 0. The Hall–Kier alpha value is -1.53. The van der Waals surface area contributed by atoms with Crippen LogP contribution < -0.4 is 11.1 Å². The second-order valence-corrected chi connectivity index (χ2v) is 4.76. The van der Waals surface area contributed by atoms with E-state index >= 15 is 0 Å². The van der Waals surface area contributed by atoms with Crippen molar-refractivity contribution in [1.29, 1.82) is 0 Å².